The van der Waals surface area contributed by atoms with Gasteiger partial charge in [-0.15, -0.1) is 5.10 Å². The van der Waals surface area contributed by atoms with Crippen molar-refractivity contribution in [3.8, 4) is 5.75 Å². The Hall–Kier alpha value is -2.73. The van der Waals surface area contributed by atoms with Crippen LogP contribution in [0.2, 0.25) is 0 Å². The molecule has 1 aromatic carbocycles. The molecular weight excluding hydrogens is 338 g/mol. The van der Waals surface area contributed by atoms with Crippen LogP contribution in [0.5, 0.6) is 5.75 Å². The molecule has 2 heterocycles. The molecule has 6 heteroatoms. The lowest BCUT2D eigenvalue weighted by Crippen LogP contribution is -2.38. The minimum absolute atomic E-state index is 0.124. The second kappa shape index (κ2) is 7.48. The van der Waals surface area contributed by atoms with Crippen LogP contribution in [-0.2, 0) is 5.54 Å². The van der Waals surface area contributed by atoms with E-state index in [-0.39, 0.29) is 17.3 Å². The minimum Gasteiger partial charge on any atom is -0.508 e. The van der Waals surface area contributed by atoms with E-state index in [1.165, 1.54) is 11.1 Å². The molecular formula is C21H27N5O. The van der Waals surface area contributed by atoms with Crippen molar-refractivity contribution in [1.29, 1.82) is 0 Å². The summed E-state index contributed by atoms with van der Waals surface area (Å²) in [5, 5.41) is 22.3. The van der Waals surface area contributed by atoms with Crippen molar-refractivity contribution in [3.05, 3.63) is 72.1 Å². The number of hydrogen-bond donors (Lipinski definition) is 1. The molecule has 1 N–H and O–H groups in total. The van der Waals surface area contributed by atoms with Gasteiger partial charge >= 0.3 is 0 Å². The van der Waals surface area contributed by atoms with E-state index in [0.29, 0.717) is 0 Å². The highest BCUT2D eigenvalue weighted by Gasteiger charge is 2.33. The molecule has 142 valence electrons. The predicted molar refractivity (Wildman–Crippen MR) is 106 cm³/mol. The van der Waals surface area contributed by atoms with Gasteiger partial charge in [0, 0.05) is 13.1 Å². The first-order valence-corrected chi connectivity index (χ1v) is 9.13. The van der Waals surface area contributed by atoms with Gasteiger partial charge in [-0.3, -0.25) is 4.90 Å². The van der Waals surface area contributed by atoms with Gasteiger partial charge < -0.3 is 5.11 Å². The lowest BCUT2D eigenvalue weighted by molar-refractivity contribution is 0.212. The highest BCUT2D eigenvalue weighted by molar-refractivity contribution is 5.37. The minimum atomic E-state index is -0.243. The van der Waals surface area contributed by atoms with Crippen molar-refractivity contribution in [1.82, 2.24) is 25.1 Å². The second-order valence-corrected chi connectivity index (χ2v) is 7.79. The summed E-state index contributed by atoms with van der Waals surface area (Å²) in [5.41, 5.74) is 3.21. The first kappa shape index (κ1) is 19.0. The molecule has 2 aromatic rings. The van der Waals surface area contributed by atoms with Gasteiger partial charge in [-0.05, 0) is 66.5 Å². The van der Waals surface area contributed by atoms with Crippen LogP contribution in [0, 0.1) is 0 Å². The molecule has 1 aliphatic heterocycles. The topological polar surface area (TPSA) is 67.1 Å². The van der Waals surface area contributed by atoms with E-state index in [1.54, 1.807) is 12.1 Å². The van der Waals surface area contributed by atoms with Gasteiger partial charge in [0.15, 0.2) is 5.82 Å². The van der Waals surface area contributed by atoms with Gasteiger partial charge in [0.05, 0.1) is 11.6 Å². The summed E-state index contributed by atoms with van der Waals surface area (Å²) in [7, 11) is 0. The van der Waals surface area contributed by atoms with Gasteiger partial charge in [0.1, 0.15) is 5.75 Å². The lowest BCUT2D eigenvalue weighted by Gasteiger charge is -2.36. The van der Waals surface area contributed by atoms with E-state index < -0.39 is 0 Å². The summed E-state index contributed by atoms with van der Waals surface area (Å²) in [6, 6.07) is 7.15. The Balaban J connectivity index is 2.09. The number of aromatic hydroxyl groups is 1. The Morgan fingerprint density at radius 1 is 1.11 bits per heavy atom. The molecule has 0 aliphatic carbocycles. The number of aromatic nitrogens is 4. The lowest BCUT2D eigenvalue weighted by atomic mass is 9.95. The number of phenolic OH excluding ortho intramolecular Hbond substituents is 1. The van der Waals surface area contributed by atoms with Crippen LogP contribution in [0.15, 0.2) is 60.7 Å². The monoisotopic (exact) mass is 365 g/mol. The molecule has 1 aromatic heterocycles. The Kier molecular flexibility index (Phi) is 5.28. The molecule has 0 fully saturated rings. The molecule has 1 unspecified atom stereocenters. The molecule has 1 aliphatic rings. The fourth-order valence-corrected chi connectivity index (χ4v) is 3.50. The molecule has 6 nitrogen and oxygen atoms in total. The number of hydrogen-bond acceptors (Lipinski definition) is 5. The van der Waals surface area contributed by atoms with Crippen molar-refractivity contribution >= 4 is 0 Å². The summed E-state index contributed by atoms with van der Waals surface area (Å²) in [6.07, 6.45) is 4.73. The van der Waals surface area contributed by atoms with Gasteiger partial charge in [-0.1, -0.05) is 37.4 Å². The average Bonchev–Trinajstić information content (AvgIpc) is 3.13. The Bertz CT molecular complexity index is 857. The quantitative estimate of drug-likeness (QED) is 0.877. The zero-order chi connectivity index (χ0) is 19.6. The van der Waals surface area contributed by atoms with Crippen LogP contribution in [0.1, 0.15) is 44.6 Å². The summed E-state index contributed by atoms with van der Waals surface area (Å²) in [6.45, 7) is 15.8. The third kappa shape index (κ3) is 3.85. The fraction of sp³-hybridized carbons (Fsp3) is 0.381. The van der Waals surface area contributed by atoms with Crippen LogP contribution in [0.3, 0.4) is 0 Å². The number of allylic oxidation sites excluding steroid dienone is 1. The van der Waals surface area contributed by atoms with Crippen molar-refractivity contribution in [3.63, 3.8) is 0 Å². The van der Waals surface area contributed by atoms with Crippen LogP contribution in [0.25, 0.3) is 0 Å². The van der Waals surface area contributed by atoms with Crippen LogP contribution in [-0.4, -0.2) is 43.3 Å². The SMILES string of the molecule is C=CC1=C(C=C)CN(C(c2ccc(O)cc2)c2nnnn2C(C)(C)C)CC1. The standard InChI is InChI=1S/C21H27N5O/c1-6-15-12-13-25(14-16(15)7-2)19(17-8-10-18(27)11-9-17)20-22-23-24-26(20)21(3,4)5/h6-11,19,27H,1-2,12-14H2,3-5H3. The van der Waals surface area contributed by atoms with Crippen molar-refractivity contribution in [2.24, 2.45) is 0 Å². The molecule has 0 saturated heterocycles. The number of benzene rings is 1. The van der Waals surface area contributed by atoms with Crippen molar-refractivity contribution in [2.45, 2.75) is 38.8 Å². The normalized spacial score (nSPS) is 17.0. The van der Waals surface area contributed by atoms with Crippen LogP contribution >= 0.6 is 0 Å². The first-order valence-electron chi connectivity index (χ1n) is 9.13. The van der Waals surface area contributed by atoms with Gasteiger partial charge in [-0.2, -0.15) is 0 Å². The zero-order valence-corrected chi connectivity index (χ0v) is 16.3. The molecule has 0 amide bonds. The highest BCUT2D eigenvalue weighted by atomic mass is 16.3. The zero-order valence-electron chi connectivity index (χ0n) is 16.3. The predicted octanol–water partition coefficient (Wildman–Crippen LogP) is 3.60. The molecule has 0 saturated carbocycles. The highest BCUT2D eigenvalue weighted by Crippen LogP contribution is 2.34. The smallest absolute Gasteiger partial charge is 0.173 e. The molecule has 3 rings (SSSR count). The Morgan fingerprint density at radius 2 is 1.78 bits per heavy atom. The largest absolute Gasteiger partial charge is 0.508 e. The maximum atomic E-state index is 9.72. The Labute approximate surface area is 160 Å². The van der Waals surface area contributed by atoms with E-state index in [1.807, 2.05) is 29.0 Å². The number of nitrogens with zero attached hydrogens (tertiary/aromatic N) is 5. The van der Waals surface area contributed by atoms with E-state index >= 15 is 0 Å². The number of tetrazole rings is 1. The summed E-state index contributed by atoms with van der Waals surface area (Å²) in [5.74, 6) is 1.03. The average molecular weight is 365 g/mol. The van der Waals surface area contributed by atoms with Gasteiger partial charge in [-0.25, -0.2) is 4.68 Å². The Morgan fingerprint density at radius 3 is 2.37 bits per heavy atom. The number of phenols is 1. The summed E-state index contributed by atoms with van der Waals surface area (Å²) in [4.78, 5) is 2.35. The van der Waals surface area contributed by atoms with E-state index in [2.05, 4.69) is 54.4 Å². The molecule has 0 spiro atoms. The van der Waals surface area contributed by atoms with Crippen molar-refractivity contribution in [2.75, 3.05) is 13.1 Å². The molecule has 27 heavy (non-hydrogen) atoms. The third-order valence-corrected chi connectivity index (χ3v) is 4.89. The molecule has 0 bridgehead atoms. The van der Waals surface area contributed by atoms with E-state index in [4.69, 9.17) is 0 Å². The maximum absolute atomic E-state index is 9.72. The van der Waals surface area contributed by atoms with Crippen LogP contribution < -0.4 is 0 Å². The fourth-order valence-electron chi connectivity index (χ4n) is 3.50. The molecule has 0 radical (unpaired) electrons. The van der Waals surface area contributed by atoms with Gasteiger partial charge in [0.2, 0.25) is 0 Å². The van der Waals surface area contributed by atoms with E-state index in [9.17, 15) is 5.11 Å². The van der Waals surface area contributed by atoms with Gasteiger partial charge in [0.25, 0.3) is 0 Å². The van der Waals surface area contributed by atoms with Crippen LogP contribution in [0.4, 0.5) is 0 Å². The summed E-state index contributed by atoms with van der Waals surface area (Å²) >= 11 is 0. The number of rotatable bonds is 5. The molecule has 1 atom stereocenters. The third-order valence-electron chi connectivity index (χ3n) is 4.89. The van der Waals surface area contributed by atoms with E-state index in [0.717, 1.165) is 30.9 Å². The summed E-state index contributed by atoms with van der Waals surface area (Å²) < 4.78 is 1.88. The van der Waals surface area contributed by atoms with Crippen molar-refractivity contribution < 1.29 is 5.11 Å². The second-order valence-electron chi connectivity index (χ2n) is 7.79. The maximum Gasteiger partial charge on any atom is 0.173 e. The first-order chi connectivity index (χ1) is 12.8.